The summed E-state index contributed by atoms with van der Waals surface area (Å²) in [7, 11) is 0. The summed E-state index contributed by atoms with van der Waals surface area (Å²) in [5.74, 6) is 0.136. The lowest BCUT2D eigenvalue weighted by Gasteiger charge is -2.08. The number of benzene rings is 1. The summed E-state index contributed by atoms with van der Waals surface area (Å²) in [6, 6.07) is 8.04. The van der Waals surface area contributed by atoms with Gasteiger partial charge in [0.05, 0.1) is 0 Å². The van der Waals surface area contributed by atoms with Crippen molar-refractivity contribution in [1.29, 1.82) is 0 Å². The lowest BCUT2D eigenvalue weighted by molar-refractivity contribution is 0.499. The molecule has 0 atom stereocenters. The van der Waals surface area contributed by atoms with Crippen LogP contribution in [0.15, 0.2) is 36.3 Å². The lowest BCUT2D eigenvalue weighted by atomic mass is 9.90. The Hall–Kier alpha value is -0.895. The van der Waals surface area contributed by atoms with Gasteiger partial charge in [-0.3, -0.25) is 0 Å². The summed E-state index contributed by atoms with van der Waals surface area (Å²) in [5, 5.41) is -0.270. The van der Waals surface area contributed by atoms with E-state index in [1.165, 1.54) is 12.1 Å². The summed E-state index contributed by atoms with van der Waals surface area (Å²) < 4.78 is 35.7. The quantitative estimate of drug-likeness (QED) is 0.647. The van der Waals surface area contributed by atoms with Crippen LogP contribution in [0.4, 0.5) is 12.9 Å². The monoisotopic (exact) mass is 205 g/mol. The lowest BCUT2D eigenvalue weighted by Crippen LogP contribution is -2.10. The zero-order chi connectivity index (χ0) is 9.90. The average molecular weight is 205 g/mol. The van der Waals surface area contributed by atoms with Crippen LogP contribution >= 0.6 is 11.6 Å². The first kappa shape index (κ1) is 10.2. The van der Waals surface area contributed by atoms with Gasteiger partial charge in [0.25, 0.3) is 0 Å². The largest absolute Gasteiger partial charge is 0.504 e. The molecule has 1 aromatic rings. The summed E-state index contributed by atoms with van der Waals surface area (Å²) in [5.41, 5.74) is 0.378. The first-order valence-corrected chi connectivity index (χ1v) is 4.00. The van der Waals surface area contributed by atoms with E-state index in [4.69, 9.17) is 11.6 Å². The highest BCUT2D eigenvalue weighted by Gasteiger charge is 2.19. The van der Waals surface area contributed by atoms with Crippen molar-refractivity contribution in [2.24, 2.45) is 0 Å². The van der Waals surface area contributed by atoms with Crippen LogP contribution in [0, 0.1) is 0 Å². The van der Waals surface area contributed by atoms with Gasteiger partial charge < -0.3 is 12.9 Å². The fourth-order valence-corrected chi connectivity index (χ4v) is 1.13. The number of rotatable bonds is 2. The van der Waals surface area contributed by atoms with Crippen LogP contribution in [0.1, 0.15) is 5.56 Å². The third-order valence-corrected chi connectivity index (χ3v) is 1.73. The minimum atomic E-state index is -4.97. The second kappa shape index (κ2) is 3.88. The molecule has 0 bridgehead atoms. The van der Waals surface area contributed by atoms with Gasteiger partial charge in [0.15, 0.2) is 0 Å². The summed E-state index contributed by atoms with van der Waals surface area (Å²) >= 11 is 5.45. The molecule has 1 rings (SSSR count). The van der Waals surface area contributed by atoms with E-state index in [1.54, 1.807) is 18.2 Å². The Morgan fingerprint density at radius 3 is 2.15 bits per heavy atom. The smallest absolute Gasteiger partial charge is 0.445 e. The first-order chi connectivity index (χ1) is 5.99. The van der Waals surface area contributed by atoms with E-state index < -0.39 is 6.98 Å². The molecule has 0 unspecified atom stereocenters. The van der Waals surface area contributed by atoms with Crippen molar-refractivity contribution in [2.45, 2.75) is 0 Å². The number of hydrogen-bond donors (Lipinski definition) is 0. The van der Waals surface area contributed by atoms with Gasteiger partial charge in [0, 0.05) is 5.03 Å². The predicted molar refractivity (Wildman–Crippen MR) is 49.4 cm³/mol. The van der Waals surface area contributed by atoms with Crippen LogP contribution in [-0.2, 0) is 0 Å². The molecule has 0 fully saturated rings. The molecule has 0 amide bonds. The van der Waals surface area contributed by atoms with Gasteiger partial charge >= 0.3 is 6.98 Å². The summed E-state index contributed by atoms with van der Waals surface area (Å²) in [4.78, 5) is 0. The predicted octanol–water partition coefficient (Wildman–Crippen LogP) is 3.65. The van der Waals surface area contributed by atoms with E-state index in [1.807, 2.05) is 0 Å². The van der Waals surface area contributed by atoms with Crippen LogP contribution in [0.5, 0.6) is 0 Å². The highest BCUT2D eigenvalue weighted by atomic mass is 35.5. The molecule has 0 aliphatic heterocycles. The van der Waals surface area contributed by atoms with Gasteiger partial charge in [-0.05, 0) is 5.56 Å². The van der Waals surface area contributed by atoms with E-state index in [-0.39, 0.29) is 11.0 Å². The van der Waals surface area contributed by atoms with Crippen molar-refractivity contribution >= 4 is 23.6 Å². The topological polar surface area (TPSA) is 0 Å². The first-order valence-electron chi connectivity index (χ1n) is 3.63. The van der Waals surface area contributed by atoms with E-state index in [0.717, 1.165) is 0 Å². The van der Waals surface area contributed by atoms with Gasteiger partial charge in [0.1, 0.15) is 0 Å². The zero-order valence-electron chi connectivity index (χ0n) is 6.55. The fraction of sp³-hybridized carbons (Fsp3) is 0. The molecule has 0 N–H and O–H groups in total. The van der Waals surface area contributed by atoms with E-state index in [0.29, 0.717) is 5.56 Å². The third-order valence-electron chi connectivity index (χ3n) is 1.38. The maximum atomic E-state index is 11.9. The molecule has 0 aromatic heterocycles. The fourth-order valence-electron chi connectivity index (χ4n) is 0.860. The molecule has 0 nitrogen and oxygen atoms in total. The highest BCUT2D eigenvalue weighted by Crippen LogP contribution is 2.23. The molecule has 0 spiro atoms. The maximum absolute atomic E-state index is 11.9. The van der Waals surface area contributed by atoms with E-state index in [9.17, 15) is 12.9 Å². The molecular weight excluding hydrogens is 199 g/mol. The van der Waals surface area contributed by atoms with Crippen LogP contribution in [0.3, 0.4) is 0 Å². The van der Waals surface area contributed by atoms with Crippen molar-refractivity contribution in [3.63, 3.8) is 0 Å². The number of halogens is 4. The summed E-state index contributed by atoms with van der Waals surface area (Å²) in [6.07, 6.45) is 0. The van der Waals surface area contributed by atoms with Crippen LogP contribution in [-0.4, -0.2) is 6.98 Å². The summed E-state index contributed by atoms with van der Waals surface area (Å²) in [6.45, 7) is -4.97. The Morgan fingerprint density at radius 1 is 1.15 bits per heavy atom. The maximum Gasteiger partial charge on any atom is 0.504 e. The standard InChI is InChI=1S/C8H6BClF3/c10-8(6-9(11,12)13)7-4-2-1-3-5-7/h1-6H/q-1/b8-6-. The average Bonchev–Trinajstić information content (AvgIpc) is 2.03. The molecule has 0 saturated heterocycles. The van der Waals surface area contributed by atoms with Gasteiger partial charge in [0.2, 0.25) is 0 Å². The molecular formula is C8H6BClF3-. The van der Waals surface area contributed by atoms with Gasteiger partial charge in [-0.2, -0.15) is 0 Å². The highest BCUT2D eigenvalue weighted by molar-refractivity contribution is 6.69. The molecule has 0 aliphatic carbocycles. The van der Waals surface area contributed by atoms with Crippen molar-refractivity contribution in [1.82, 2.24) is 0 Å². The third kappa shape index (κ3) is 3.55. The van der Waals surface area contributed by atoms with Gasteiger partial charge in [-0.15, -0.1) is 5.98 Å². The minimum absolute atomic E-state index is 0.136. The molecule has 0 radical (unpaired) electrons. The molecule has 1 aromatic carbocycles. The molecule has 70 valence electrons. The van der Waals surface area contributed by atoms with Gasteiger partial charge in [-0.1, -0.05) is 41.9 Å². The normalized spacial score (nSPS) is 13.1. The zero-order valence-corrected chi connectivity index (χ0v) is 7.31. The van der Waals surface area contributed by atoms with E-state index in [2.05, 4.69) is 0 Å². The minimum Gasteiger partial charge on any atom is -0.445 e. The Morgan fingerprint density at radius 2 is 1.69 bits per heavy atom. The second-order valence-electron chi connectivity index (χ2n) is 2.51. The molecule has 0 aliphatic rings. The molecule has 0 heterocycles. The van der Waals surface area contributed by atoms with Crippen molar-refractivity contribution in [3.05, 3.63) is 41.9 Å². The van der Waals surface area contributed by atoms with Crippen molar-refractivity contribution in [2.75, 3.05) is 0 Å². The van der Waals surface area contributed by atoms with Gasteiger partial charge in [-0.25, -0.2) is 0 Å². The SMILES string of the molecule is F[B-](F)(F)/C=C(\Cl)c1ccccc1. The molecule has 5 heteroatoms. The van der Waals surface area contributed by atoms with Crippen molar-refractivity contribution < 1.29 is 12.9 Å². The van der Waals surface area contributed by atoms with E-state index >= 15 is 0 Å². The van der Waals surface area contributed by atoms with Crippen molar-refractivity contribution in [3.8, 4) is 0 Å². The number of hydrogen-bond acceptors (Lipinski definition) is 0. The molecule has 0 saturated carbocycles. The van der Waals surface area contributed by atoms with Crippen LogP contribution < -0.4 is 0 Å². The second-order valence-corrected chi connectivity index (χ2v) is 2.91. The van der Waals surface area contributed by atoms with Crippen LogP contribution in [0.2, 0.25) is 0 Å². The molecule has 13 heavy (non-hydrogen) atoms. The Kier molecular flexibility index (Phi) is 3.04. The Balaban J connectivity index is 2.92. The Labute approximate surface area is 79.1 Å². The Bertz CT molecular complexity index is 305. The van der Waals surface area contributed by atoms with Crippen LogP contribution in [0.25, 0.3) is 5.03 Å².